The summed E-state index contributed by atoms with van der Waals surface area (Å²) in [5.74, 6) is 2.26. The topological polar surface area (TPSA) is 48.3 Å². The van der Waals surface area contributed by atoms with Crippen LogP contribution in [0.1, 0.15) is 22.7 Å². The molecule has 0 fully saturated rings. The van der Waals surface area contributed by atoms with Gasteiger partial charge in [0.25, 0.3) is 0 Å². The quantitative estimate of drug-likeness (QED) is 0.500. The summed E-state index contributed by atoms with van der Waals surface area (Å²) in [6, 6.07) is 22.8. The summed E-state index contributed by atoms with van der Waals surface area (Å²) in [7, 11) is 3.31. The number of hydrogen-bond acceptors (Lipinski definition) is 4. The van der Waals surface area contributed by atoms with Crippen molar-refractivity contribution in [2.24, 2.45) is 0 Å². The number of fused-ring (bicyclic) bond motifs is 3. The Labute approximate surface area is 175 Å². The van der Waals surface area contributed by atoms with Crippen LogP contribution in [-0.4, -0.2) is 23.8 Å². The Hall–Kier alpha value is -3.73. The lowest BCUT2D eigenvalue weighted by Gasteiger charge is -2.27. The number of ether oxygens (including phenoxy) is 2. The van der Waals surface area contributed by atoms with Crippen molar-refractivity contribution < 1.29 is 9.47 Å². The summed E-state index contributed by atoms with van der Waals surface area (Å²) in [5.41, 5.74) is 6.55. The van der Waals surface area contributed by atoms with E-state index in [0.717, 1.165) is 33.8 Å². The fourth-order valence-corrected chi connectivity index (χ4v) is 3.99. The third-order valence-electron chi connectivity index (χ3n) is 5.56. The van der Waals surface area contributed by atoms with Crippen LogP contribution in [-0.2, 0) is 0 Å². The zero-order valence-corrected chi connectivity index (χ0v) is 17.2. The van der Waals surface area contributed by atoms with Crippen LogP contribution in [0, 0.1) is 6.92 Å². The van der Waals surface area contributed by atoms with E-state index in [0.29, 0.717) is 11.5 Å². The molecule has 1 N–H and O–H groups in total. The third kappa shape index (κ3) is 2.99. The minimum Gasteiger partial charge on any atom is -0.493 e. The van der Waals surface area contributed by atoms with Crippen LogP contribution in [0.2, 0.25) is 0 Å². The second kappa shape index (κ2) is 7.26. The molecule has 150 valence electrons. The van der Waals surface area contributed by atoms with Crippen molar-refractivity contribution >= 4 is 22.7 Å². The van der Waals surface area contributed by atoms with Gasteiger partial charge in [-0.3, -0.25) is 4.57 Å². The van der Waals surface area contributed by atoms with E-state index >= 15 is 0 Å². The van der Waals surface area contributed by atoms with Gasteiger partial charge in [-0.2, -0.15) is 0 Å². The van der Waals surface area contributed by atoms with Crippen molar-refractivity contribution in [1.82, 2.24) is 9.55 Å². The molecule has 1 aromatic heterocycles. The van der Waals surface area contributed by atoms with E-state index in [2.05, 4.69) is 59.3 Å². The van der Waals surface area contributed by atoms with Gasteiger partial charge in [-0.15, -0.1) is 0 Å². The highest BCUT2D eigenvalue weighted by molar-refractivity contribution is 5.85. The standard InChI is InChI=1S/C25H23N3O2/c1-16-8-10-17(11-9-16)20-15-22(18-12-13-23(29-2)24(14-18)30-3)28-21-7-5-4-6-19(21)26-25(28)27-20/h4-15,22H,1-3H3,(H,26,27). The number of aromatic nitrogens is 2. The maximum absolute atomic E-state index is 5.56. The molecular formula is C25H23N3O2. The average molecular weight is 397 g/mol. The van der Waals surface area contributed by atoms with Crippen molar-refractivity contribution in [3.63, 3.8) is 0 Å². The summed E-state index contributed by atoms with van der Waals surface area (Å²) in [4.78, 5) is 4.85. The van der Waals surface area contributed by atoms with Gasteiger partial charge in [0, 0.05) is 5.70 Å². The van der Waals surface area contributed by atoms with E-state index in [1.54, 1.807) is 14.2 Å². The molecule has 0 bridgehead atoms. The number of aryl methyl sites for hydroxylation is 1. The second-order valence-corrected chi connectivity index (χ2v) is 7.42. The van der Waals surface area contributed by atoms with Crippen LogP contribution < -0.4 is 14.8 Å². The van der Waals surface area contributed by atoms with Crippen LogP contribution in [0.4, 0.5) is 5.95 Å². The van der Waals surface area contributed by atoms with E-state index in [1.807, 2.05) is 30.3 Å². The number of benzene rings is 3. The molecule has 0 saturated heterocycles. The van der Waals surface area contributed by atoms with Gasteiger partial charge >= 0.3 is 0 Å². The van der Waals surface area contributed by atoms with E-state index in [-0.39, 0.29) is 6.04 Å². The number of para-hydroxylation sites is 2. The maximum Gasteiger partial charge on any atom is 0.209 e. The Balaban J connectivity index is 1.70. The zero-order valence-electron chi connectivity index (χ0n) is 17.2. The van der Waals surface area contributed by atoms with E-state index in [1.165, 1.54) is 5.56 Å². The van der Waals surface area contributed by atoms with Gasteiger partial charge in [0.05, 0.1) is 31.3 Å². The normalized spacial score (nSPS) is 15.3. The molecule has 0 aliphatic carbocycles. The van der Waals surface area contributed by atoms with Crippen LogP contribution in [0.25, 0.3) is 16.7 Å². The van der Waals surface area contributed by atoms with Crippen molar-refractivity contribution in [3.8, 4) is 11.5 Å². The Morgan fingerprint density at radius 2 is 1.67 bits per heavy atom. The van der Waals surface area contributed by atoms with Gasteiger partial charge in [-0.25, -0.2) is 4.98 Å². The maximum atomic E-state index is 5.56. The highest BCUT2D eigenvalue weighted by Gasteiger charge is 2.26. The van der Waals surface area contributed by atoms with Gasteiger partial charge in [0.1, 0.15) is 0 Å². The number of rotatable bonds is 4. The van der Waals surface area contributed by atoms with Crippen LogP contribution in [0.15, 0.2) is 72.8 Å². The molecule has 3 aromatic carbocycles. The van der Waals surface area contributed by atoms with Crippen molar-refractivity contribution in [2.45, 2.75) is 13.0 Å². The monoisotopic (exact) mass is 397 g/mol. The van der Waals surface area contributed by atoms with Crippen LogP contribution in [0.3, 0.4) is 0 Å². The number of nitrogens with zero attached hydrogens (tertiary/aromatic N) is 2. The van der Waals surface area contributed by atoms with Crippen molar-refractivity contribution in [1.29, 1.82) is 0 Å². The van der Waals surface area contributed by atoms with Gasteiger partial charge in [0.2, 0.25) is 5.95 Å². The molecule has 30 heavy (non-hydrogen) atoms. The first-order chi connectivity index (χ1) is 14.7. The predicted octanol–water partition coefficient (Wildman–Crippen LogP) is 5.42. The zero-order chi connectivity index (χ0) is 20.7. The van der Waals surface area contributed by atoms with E-state index in [4.69, 9.17) is 14.5 Å². The highest BCUT2D eigenvalue weighted by Crippen LogP contribution is 2.39. The van der Waals surface area contributed by atoms with Crippen LogP contribution in [0.5, 0.6) is 11.5 Å². The summed E-state index contributed by atoms with van der Waals surface area (Å²) in [6.07, 6.45) is 2.24. The van der Waals surface area contributed by atoms with Gasteiger partial charge in [0.15, 0.2) is 11.5 Å². The van der Waals surface area contributed by atoms with Crippen LogP contribution >= 0.6 is 0 Å². The number of nitrogens with one attached hydrogen (secondary N) is 1. The molecule has 0 saturated carbocycles. The molecule has 0 radical (unpaired) electrons. The number of hydrogen-bond donors (Lipinski definition) is 1. The Morgan fingerprint density at radius 3 is 2.43 bits per heavy atom. The molecule has 0 amide bonds. The third-order valence-corrected chi connectivity index (χ3v) is 5.56. The molecule has 5 rings (SSSR count). The fourth-order valence-electron chi connectivity index (χ4n) is 3.99. The molecule has 5 nitrogen and oxygen atoms in total. The average Bonchev–Trinajstić information content (AvgIpc) is 3.17. The van der Waals surface area contributed by atoms with E-state index < -0.39 is 0 Å². The van der Waals surface area contributed by atoms with E-state index in [9.17, 15) is 0 Å². The summed E-state index contributed by atoms with van der Waals surface area (Å²) in [5, 5.41) is 3.53. The molecule has 4 aromatic rings. The molecule has 1 unspecified atom stereocenters. The van der Waals surface area contributed by atoms with Gasteiger partial charge in [-0.1, -0.05) is 48.0 Å². The summed E-state index contributed by atoms with van der Waals surface area (Å²) >= 11 is 0. The first kappa shape index (κ1) is 18.3. The molecule has 1 aliphatic rings. The lowest BCUT2D eigenvalue weighted by atomic mass is 10.00. The molecule has 1 atom stereocenters. The minimum atomic E-state index is -0.0373. The predicted molar refractivity (Wildman–Crippen MR) is 120 cm³/mol. The lowest BCUT2D eigenvalue weighted by molar-refractivity contribution is 0.354. The molecular weight excluding hydrogens is 374 g/mol. The van der Waals surface area contributed by atoms with Gasteiger partial charge < -0.3 is 14.8 Å². The van der Waals surface area contributed by atoms with Crippen molar-refractivity contribution in [2.75, 3.05) is 19.5 Å². The fraction of sp³-hybridized carbons (Fsp3) is 0.160. The summed E-state index contributed by atoms with van der Waals surface area (Å²) < 4.78 is 13.2. The lowest BCUT2D eigenvalue weighted by Crippen LogP contribution is -2.19. The molecule has 5 heteroatoms. The van der Waals surface area contributed by atoms with Crippen molar-refractivity contribution in [3.05, 3.63) is 89.5 Å². The smallest absolute Gasteiger partial charge is 0.209 e. The Bertz CT molecular complexity index is 1260. The Kier molecular flexibility index (Phi) is 4.43. The highest BCUT2D eigenvalue weighted by atomic mass is 16.5. The van der Waals surface area contributed by atoms with Gasteiger partial charge in [-0.05, 0) is 48.4 Å². The molecule has 0 spiro atoms. The second-order valence-electron chi connectivity index (χ2n) is 7.42. The number of methoxy groups -OCH3 is 2. The first-order valence-electron chi connectivity index (χ1n) is 9.92. The number of allylic oxidation sites excluding steroid dienone is 1. The number of imidazole rings is 1. The molecule has 1 aliphatic heterocycles. The summed E-state index contributed by atoms with van der Waals surface area (Å²) in [6.45, 7) is 2.10. The SMILES string of the molecule is COc1ccc(C2C=C(c3ccc(C)cc3)Nc3nc4ccccc4n32)cc1OC. The first-order valence-corrected chi connectivity index (χ1v) is 9.92. The Morgan fingerprint density at radius 1 is 0.900 bits per heavy atom. The minimum absolute atomic E-state index is 0.0373. The molecule has 2 heterocycles. The number of anilines is 1. The largest absolute Gasteiger partial charge is 0.493 e.